The van der Waals surface area contributed by atoms with Gasteiger partial charge in [-0.25, -0.2) is 4.39 Å². The van der Waals surface area contributed by atoms with E-state index in [0.717, 1.165) is 11.3 Å². The summed E-state index contributed by atoms with van der Waals surface area (Å²) >= 11 is 1.66. The maximum absolute atomic E-state index is 13.7. The number of hydrogen-bond donors (Lipinski definition) is 1. The second kappa shape index (κ2) is 3.79. The molecule has 0 bridgehead atoms. The van der Waals surface area contributed by atoms with Gasteiger partial charge in [-0.15, -0.1) is 0 Å². The Morgan fingerprint density at radius 1 is 1.57 bits per heavy atom. The van der Waals surface area contributed by atoms with E-state index >= 15 is 0 Å². The number of nitrogens with two attached hydrogens (primary N) is 1. The largest absolute Gasteiger partial charge is 0.494 e. The first-order chi connectivity index (χ1) is 6.74. The highest BCUT2D eigenvalue weighted by Crippen LogP contribution is 2.35. The third-order valence-electron chi connectivity index (χ3n) is 2.41. The number of halogens is 1. The zero-order valence-corrected chi connectivity index (χ0v) is 8.73. The molecule has 0 radical (unpaired) electrons. The minimum atomic E-state index is -0.257. The lowest BCUT2D eigenvalue weighted by molar-refractivity contribution is 0.384. The highest BCUT2D eigenvalue weighted by molar-refractivity contribution is 7.98. The van der Waals surface area contributed by atoms with E-state index in [0.29, 0.717) is 17.1 Å². The van der Waals surface area contributed by atoms with Gasteiger partial charge in [0.2, 0.25) is 0 Å². The smallest absolute Gasteiger partial charge is 0.169 e. The Morgan fingerprint density at radius 2 is 2.36 bits per heavy atom. The van der Waals surface area contributed by atoms with E-state index < -0.39 is 0 Å². The van der Waals surface area contributed by atoms with Crippen LogP contribution >= 0.6 is 11.8 Å². The van der Waals surface area contributed by atoms with Gasteiger partial charge in [-0.1, -0.05) is 6.07 Å². The first-order valence-electron chi connectivity index (χ1n) is 4.42. The van der Waals surface area contributed by atoms with E-state index in [1.54, 1.807) is 17.8 Å². The highest BCUT2D eigenvalue weighted by Gasteiger charge is 2.22. The quantitative estimate of drug-likeness (QED) is 0.775. The van der Waals surface area contributed by atoms with Crippen LogP contribution in [-0.2, 0) is 5.75 Å². The van der Waals surface area contributed by atoms with E-state index in [1.807, 2.05) is 6.07 Å². The number of fused-ring (bicyclic) bond motifs is 1. The topological polar surface area (TPSA) is 35.2 Å². The van der Waals surface area contributed by atoms with Crippen molar-refractivity contribution in [3.05, 3.63) is 29.1 Å². The molecule has 0 saturated heterocycles. The van der Waals surface area contributed by atoms with Crippen LogP contribution in [0.2, 0.25) is 0 Å². The Kier molecular flexibility index (Phi) is 2.65. The average Bonchev–Trinajstić information content (AvgIpc) is 2.20. The van der Waals surface area contributed by atoms with Crippen molar-refractivity contribution in [2.75, 3.05) is 12.9 Å². The van der Waals surface area contributed by atoms with Gasteiger partial charge < -0.3 is 10.5 Å². The maximum atomic E-state index is 13.7. The predicted octanol–water partition coefficient (Wildman–Crippen LogP) is 2.08. The molecule has 4 heteroatoms. The summed E-state index contributed by atoms with van der Waals surface area (Å²) in [5, 5.41) is 0. The Balaban J connectivity index is 2.52. The third kappa shape index (κ3) is 1.48. The van der Waals surface area contributed by atoms with Crippen molar-refractivity contribution in [2.24, 2.45) is 5.73 Å². The van der Waals surface area contributed by atoms with Crippen LogP contribution in [0.5, 0.6) is 5.75 Å². The molecule has 2 rings (SSSR count). The van der Waals surface area contributed by atoms with E-state index in [9.17, 15) is 4.39 Å². The summed E-state index contributed by atoms with van der Waals surface area (Å²) in [4.78, 5) is 0. The van der Waals surface area contributed by atoms with Gasteiger partial charge in [-0.3, -0.25) is 0 Å². The van der Waals surface area contributed by atoms with Crippen molar-refractivity contribution in [3.63, 3.8) is 0 Å². The zero-order valence-electron chi connectivity index (χ0n) is 7.92. The average molecular weight is 213 g/mol. The van der Waals surface area contributed by atoms with Crippen LogP contribution in [0.25, 0.3) is 0 Å². The molecular formula is C10H12FNOS. The number of methoxy groups -OCH3 is 1. The van der Waals surface area contributed by atoms with Crippen LogP contribution in [-0.4, -0.2) is 12.9 Å². The summed E-state index contributed by atoms with van der Waals surface area (Å²) in [5.41, 5.74) is 7.50. The molecule has 0 aromatic heterocycles. The minimum Gasteiger partial charge on any atom is -0.494 e. The summed E-state index contributed by atoms with van der Waals surface area (Å²) in [6.45, 7) is 0. The molecular weight excluding hydrogens is 201 g/mol. The van der Waals surface area contributed by atoms with Crippen molar-refractivity contribution in [1.82, 2.24) is 0 Å². The summed E-state index contributed by atoms with van der Waals surface area (Å²) in [7, 11) is 1.47. The fourth-order valence-electron chi connectivity index (χ4n) is 1.64. The molecule has 0 fully saturated rings. The van der Waals surface area contributed by atoms with Gasteiger partial charge in [0.15, 0.2) is 11.6 Å². The van der Waals surface area contributed by atoms with Gasteiger partial charge in [0, 0.05) is 23.1 Å². The van der Waals surface area contributed by atoms with Crippen LogP contribution in [0.3, 0.4) is 0 Å². The first kappa shape index (κ1) is 9.80. The maximum Gasteiger partial charge on any atom is 0.169 e. The number of ether oxygens (including phenoxy) is 1. The van der Waals surface area contributed by atoms with Crippen LogP contribution < -0.4 is 10.5 Å². The number of hydrogen-bond acceptors (Lipinski definition) is 3. The van der Waals surface area contributed by atoms with Crippen molar-refractivity contribution >= 4 is 11.8 Å². The van der Waals surface area contributed by atoms with Gasteiger partial charge in [0.25, 0.3) is 0 Å². The Hall–Kier alpha value is -0.740. The Labute approximate surface area is 86.6 Å². The molecule has 2 nitrogen and oxygen atoms in total. The molecule has 1 unspecified atom stereocenters. The molecule has 14 heavy (non-hydrogen) atoms. The second-order valence-electron chi connectivity index (χ2n) is 3.27. The van der Waals surface area contributed by atoms with E-state index in [1.165, 1.54) is 7.11 Å². The molecule has 1 heterocycles. The molecule has 76 valence electrons. The zero-order chi connectivity index (χ0) is 10.1. The lowest BCUT2D eigenvalue weighted by Crippen LogP contribution is -2.19. The molecule has 0 aliphatic carbocycles. The van der Waals surface area contributed by atoms with Crippen molar-refractivity contribution in [3.8, 4) is 5.75 Å². The Morgan fingerprint density at radius 3 is 3.07 bits per heavy atom. The summed E-state index contributed by atoms with van der Waals surface area (Å²) in [6.07, 6.45) is 0. The van der Waals surface area contributed by atoms with Crippen LogP contribution in [0.4, 0.5) is 4.39 Å². The molecule has 1 aromatic carbocycles. The highest BCUT2D eigenvalue weighted by atomic mass is 32.2. The normalized spacial score (nSPS) is 20.4. The molecule has 2 N–H and O–H groups in total. The fraction of sp³-hybridized carbons (Fsp3) is 0.400. The fourth-order valence-corrected chi connectivity index (χ4v) is 2.69. The third-order valence-corrected chi connectivity index (χ3v) is 3.49. The molecule has 1 aliphatic rings. The monoisotopic (exact) mass is 213 g/mol. The number of benzene rings is 1. The van der Waals surface area contributed by atoms with Gasteiger partial charge >= 0.3 is 0 Å². The molecule has 1 atom stereocenters. The van der Waals surface area contributed by atoms with E-state index in [-0.39, 0.29) is 11.9 Å². The SMILES string of the molecule is COc1ccc2c(c1F)CSCC2N. The lowest BCUT2D eigenvalue weighted by Gasteiger charge is -2.22. The summed E-state index contributed by atoms with van der Waals surface area (Å²) in [6, 6.07) is 3.45. The van der Waals surface area contributed by atoms with E-state index in [2.05, 4.69) is 0 Å². The first-order valence-corrected chi connectivity index (χ1v) is 5.58. The molecule has 1 aliphatic heterocycles. The van der Waals surface area contributed by atoms with Crippen molar-refractivity contribution in [1.29, 1.82) is 0 Å². The van der Waals surface area contributed by atoms with Crippen LogP contribution in [0.15, 0.2) is 12.1 Å². The van der Waals surface area contributed by atoms with Gasteiger partial charge in [-0.2, -0.15) is 11.8 Å². The van der Waals surface area contributed by atoms with Gasteiger partial charge in [0.1, 0.15) is 0 Å². The molecule has 0 saturated carbocycles. The number of thioether (sulfide) groups is 1. The van der Waals surface area contributed by atoms with Crippen LogP contribution in [0, 0.1) is 5.82 Å². The number of rotatable bonds is 1. The molecule has 0 amide bonds. The van der Waals surface area contributed by atoms with E-state index in [4.69, 9.17) is 10.5 Å². The van der Waals surface area contributed by atoms with Gasteiger partial charge in [0.05, 0.1) is 7.11 Å². The summed E-state index contributed by atoms with van der Waals surface area (Å²) in [5.74, 6) is 1.59. The van der Waals surface area contributed by atoms with Gasteiger partial charge in [-0.05, 0) is 11.6 Å². The molecule has 1 aromatic rings. The van der Waals surface area contributed by atoms with Crippen LogP contribution in [0.1, 0.15) is 17.2 Å². The second-order valence-corrected chi connectivity index (χ2v) is 4.30. The minimum absolute atomic E-state index is 0.0517. The Bertz CT molecular complexity index is 356. The van der Waals surface area contributed by atoms with Crippen molar-refractivity contribution < 1.29 is 9.13 Å². The molecule has 0 spiro atoms. The lowest BCUT2D eigenvalue weighted by atomic mass is 10.0. The van der Waals surface area contributed by atoms with Crippen molar-refractivity contribution in [2.45, 2.75) is 11.8 Å². The summed E-state index contributed by atoms with van der Waals surface area (Å²) < 4.78 is 18.7. The predicted molar refractivity (Wildman–Crippen MR) is 56.0 cm³/mol. The standard InChI is InChI=1S/C10H12FNOS/c1-13-9-3-2-6-7(10(9)11)4-14-5-8(6)12/h2-3,8H,4-5,12H2,1H3.